The van der Waals surface area contributed by atoms with Gasteiger partial charge in [-0.1, -0.05) is 0 Å². The van der Waals surface area contributed by atoms with Crippen LogP contribution in [0.4, 0.5) is 5.69 Å². The molecule has 1 aromatic carbocycles. The maximum Gasteiger partial charge on any atom is 0.252 e. The Balaban J connectivity index is 2.80. The van der Waals surface area contributed by atoms with Crippen LogP contribution in [0.3, 0.4) is 0 Å². The predicted molar refractivity (Wildman–Crippen MR) is 61.0 cm³/mol. The van der Waals surface area contributed by atoms with E-state index >= 15 is 0 Å². The number of ether oxygens (including phenoxy) is 1. The van der Waals surface area contributed by atoms with E-state index in [1.807, 2.05) is 0 Å². The number of carbonyl (C=O) groups is 1. The Morgan fingerprint density at radius 3 is 2.73 bits per heavy atom. The van der Waals surface area contributed by atoms with Crippen molar-refractivity contribution in [2.45, 2.75) is 13.0 Å². The average molecular weight is 274 g/mol. The van der Waals surface area contributed by atoms with Crippen LogP contribution in [0.15, 0.2) is 22.7 Å². The first kappa shape index (κ1) is 12.0. The van der Waals surface area contributed by atoms with Gasteiger partial charge in [0.15, 0.2) is 0 Å². The number of hydrogen-bond acceptors (Lipinski definition) is 3. The van der Waals surface area contributed by atoms with Gasteiger partial charge < -0.3 is 15.2 Å². The van der Waals surface area contributed by atoms with E-state index in [0.29, 0.717) is 11.4 Å². The van der Waals surface area contributed by atoms with Gasteiger partial charge in [0.05, 0.1) is 11.6 Å². The van der Waals surface area contributed by atoms with Crippen molar-refractivity contribution in [2.24, 2.45) is 0 Å². The molecule has 0 aliphatic rings. The van der Waals surface area contributed by atoms with Gasteiger partial charge in [-0.15, -0.1) is 0 Å². The van der Waals surface area contributed by atoms with Crippen molar-refractivity contribution in [3.8, 4) is 5.75 Å². The van der Waals surface area contributed by atoms with Gasteiger partial charge in [-0.2, -0.15) is 0 Å². The van der Waals surface area contributed by atoms with Crippen LogP contribution in [-0.2, 0) is 4.79 Å². The molecule has 0 radical (unpaired) electrons. The minimum absolute atomic E-state index is 0.438. The third kappa shape index (κ3) is 3.21. The Labute approximate surface area is 96.4 Å². The first-order valence-corrected chi connectivity index (χ1v) is 5.16. The van der Waals surface area contributed by atoms with Crippen molar-refractivity contribution in [3.05, 3.63) is 22.7 Å². The van der Waals surface area contributed by atoms with Crippen LogP contribution in [0.1, 0.15) is 6.92 Å². The molecular formula is C10H12BrNO3. The monoisotopic (exact) mass is 273 g/mol. The molecule has 0 saturated carbocycles. The highest BCUT2D eigenvalue weighted by atomic mass is 79.9. The fraction of sp³-hybridized carbons (Fsp3) is 0.300. The highest BCUT2D eigenvalue weighted by Crippen LogP contribution is 2.27. The summed E-state index contributed by atoms with van der Waals surface area (Å²) in [5.74, 6) is 0.247. The zero-order chi connectivity index (χ0) is 11.4. The molecule has 0 aliphatic heterocycles. The second-order valence-corrected chi connectivity index (χ2v) is 3.87. The average Bonchev–Trinajstić information content (AvgIpc) is 2.18. The molecule has 0 fully saturated rings. The van der Waals surface area contributed by atoms with Crippen molar-refractivity contribution in [3.63, 3.8) is 0 Å². The van der Waals surface area contributed by atoms with Crippen LogP contribution >= 0.6 is 15.9 Å². The zero-order valence-corrected chi connectivity index (χ0v) is 10.0. The van der Waals surface area contributed by atoms with Gasteiger partial charge in [0.2, 0.25) is 0 Å². The van der Waals surface area contributed by atoms with Crippen LogP contribution in [0.2, 0.25) is 0 Å². The molecule has 0 aliphatic carbocycles. The molecule has 0 saturated heterocycles. The Morgan fingerprint density at radius 2 is 2.27 bits per heavy atom. The number of nitrogens with one attached hydrogen (secondary N) is 1. The van der Waals surface area contributed by atoms with E-state index in [2.05, 4.69) is 21.2 Å². The number of methoxy groups -OCH3 is 1. The molecule has 0 spiro atoms. The summed E-state index contributed by atoms with van der Waals surface area (Å²) < 4.78 is 5.79. The van der Waals surface area contributed by atoms with Gasteiger partial charge in [-0.3, -0.25) is 4.79 Å². The van der Waals surface area contributed by atoms with Gasteiger partial charge in [0.1, 0.15) is 11.9 Å². The van der Waals surface area contributed by atoms with Crippen LogP contribution in [0, 0.1) is 0 Å². The summed E-state index contributed by atoms with van der Waals surface area (Å²) in [6.45, 7) is 1.41. The van der Waals surface area contributed by atoms with Crippen LogP contribution < -0.4 is 10.1 Å². The number of amides is 1. The first-order chi connectivity index (χ1) is 7.04. The topological polar surface area (TPSA) is 58.6 Å². The molecule has 2 N–H and O–H groups in total. The number of aliphatic hydroxyl groups is 1. The van der Waals surface area contributed by atoms with Crippen LogP contribution in [0.5, 0.6) is 5.75 Å². The first-order valence-electron chi connectivity index (χ1n) is 4.37. The van der Waals surface area contributed by atoms with Crippen molar-refractivity contribution in [1.82, 2.24) is 0 Å². The fourth-order valence-corrected chi connectivity index (χ4v) is 1.53. The molecule has 15 heavy (non-hydrogen) atoms. The van der Waals surface area contributed by atoms with E-state index in [4.69, 9.17) is 9.84 Å². The second kappa shape index (κ2) is 5.14. The van der Waals surface area contributed by atoms with E-state index in [9.17, 15) is 4.79 Å². The second-order valence-electron chi connectivity index (χ2n) is 3.01. The van der Waals surface area contributed by atoms with E-state index < -0.39 is 12.0 Å². The van der Waals surface area contributed by atoms with Crippen LogP contribution in [0.25, 0.3) is 0 Å². The van der Waals surface area contributed by atoms with E-state index in [-0.39, 0.29) is 0 Å². The number of halogens is 1. The number of benzene rings is 1. The smallest absolute Gasteiger partial charge is 0.252 e. The molecule has 1 amide bonds. The lowest BCUT2D eigenvalue weighted by Crippen LogP contribution is -2.24. The molecule has 0 bridgehead atoms. The summed E-state index contributed by atoms with van der Waals surface area (Å²) >= 11 is 3.30. The number of rotatable bonds is 3. The zero-order valence-electron chi connectivity index (χ0n) is 8.45. The molecule has 5 heteroatoms. The molecule has 0 aromatic heterocycles. The molecule has 1 atom stereocenters. The Bertz CT molecular complexity index is 366. The minimum Gasteiger partial charge on any atom is -0.496 e. The Morgan fingerprint density at radius 1 is 1.60 bits per heavy atom. The lowest BCUT2D eigenvalue weighted by Gasteiger charge is -2.09. The predicted octanol–water partition coefficient (Wildman–Crippen LogP) is 1.78. The largest absolute Gasteiger partial charge is 0.496 e. The van der Waals surface area contributed by atoms with Gasteiger partial charge in [-0.25, -0.2) is 0 Å². The third-order valence-corrected chi connectivity index (χ3v) is 2.42. The summed E-state index contributed by atoms with van der Waals surface area (Å²) in [6.07, 6.45) is -1.02. The molecular weight excluding hydrogens is 262 g/mol. The maximum atomic E-state index is 11.2. The summed E-state index contributed by atoms with van der Waals surface area (Å²) in [5.41, 5.74) is 0.605. The Hall–Kier alpha value is -1.07. The van der Waals surface area contributed by atoms with E-state index in [0.717, 1.165) is 4.47 Å². The lowest BCUT2D eigenvalue weighted by atomic mass is 10.3. The van der Waals surface area contributed by atoms with Crippen molar-refractivity contribution < 1.29 is 14.6 Å². The standard InChI is InChI=1S/C10H12BrNO3/c1-6(13)10(14)12-7-3-4-9(15-2)8(11)5-7/h3-6,13H,1-2H3,(H,12,14). The Kier molecular flexibility index (Phi) is 4.11. The third-order valence-electron chi connectivity index (χ3n) is 1.80. The molecule has 4 nitrogen and oxygen atoms in total. The fourth-order valence-electron chi connectivity index (χ4n) is 0.991. The van der Waals surface area contributed by atoms with E-state index in [1.165, 1.54) is 6.92 Å². The summed E-state index contributed by atoms with van der Waals surface area (Å²) in [7, 11) is 1.56. The quantitative estimate of drug-likeness (QED) is 0.883. The van der Waals surface area contributed by atoms with Gasteiger partial charge in [0, 0.05) is 5.69 Å². The van der Waals surface area contributed by atoms with E-state index in [1.54, 1.807) is 25.3 Å². The van der Waals surface area contributed by atoms with Crippen molar-refractivity contribution in [1.29, 1.82) is 0 Å². The lowest BCUT2D eigenvalue weighted by molar-refractivity contribution is -0.123. The number of hydrogen-bond donors (Lipinski definition) is 2. The SMILES string of the molecule is COc1ccc(NC(=O)C(C)O)cc1Br. The van der Waals surface area contributed by atoms with Gasteiger partial charge in [-0.05, 0) is 41.1 Å². The molecule has 1 unspecified atom stereocenters. The summed E-state index contributed by atoms with van der Waals surface area (Å²) in [4.78, 5) is 11.2. The molecule has 0 heterocycles. The van der Waals surface area contributed by atoms with Crippen molar-refractivity contribution >= 4 is 27.5 Å². The summed E-state index contributed by atoms with van der Waals surface area (Å²) in [5, 5.41) is 11.6. The molecule has 1 aromatic rings. The highest BCUT2D eigenvalue weighted by Gasteiger charge is 2.09. The van der Waals surface area contributed by atoms with Crippen LogP contribution in [-0.4, -0.2) is 24.2 Å². The van der Waals surface area contributed by atoms with Crippen molar-refractivity contribution in [2.75, 3.05) is 12.4 Å². The van der Waals surface area contributed by atoms with Gasteiger partial charge in [0.25, 0.3) is 5.91 Å². The maximum absolute atomic E-state index is 11.2. The molecule has 82 valence electrons. The normalized spacial score (nSPS) is 12.0. The highest BCUT2D eigenvalue weighted by molar-refractivity contribution is 9.10. The minimum atomic E-state index is -1.02. The number of anilines is 1. The number of carbonyl (C=O) groups excluding carboxylic acids is 1. The number of aliphatic hydroxyl groups excluding tert-OH is 1. The molecule has 1 rings (SSSR count). The van der Waals surface area contributed by atoms with Gasteiger partial charge >= 0.3 is 0 Å². The summed E-state index contributed by atoms with van der Waals surface area (Å²) in [6, 6.07) is 5.13.